The number of hydrogen-bond acceptors (Lipinski definition) is 2. The monoisotopic (exact) mass is 253 g/mol. The Hall–Kier alpha value is -1.39. The van der Waals surface area contributed by atoms with E-state index in [4.69, 9.17) is 11.6 Å². The van der Waals surface area contributed by atoms with Gasteiger partial charge in [0.1, 0.15) is 5.82 Å². The summed E-state index contributed by atoms with van der Waals surface area (Å²) in [6, 6.07) is 4.71. The highest BCUT2D eigenvalue weighted by atomic mass is 35.5. The molecule has 0 unspecified atom stereocenters. The first-order valence-corrected chi connectivity index (χ1v) is 5.76. The molecule has 1 aromatic carbocycles. The van der Waals surface area contributed by atoms with E-state index in [-0.39, 0.29) is 5.82 Å². The molecule has 0 fully saturated rings. The Bertz CT molecular complexity index is 450. The second kappa shape index (κ2) is 5.80. The average molecular weight is 254 g/mol. The summed E-state index contributed by atoms with van der Waals surface area (Å²) in [6.45, 7) is 1.17. The van der Waals surface area contributed by atoms with Gasteiger partial charge in [0.25, 0.3) is 0 Å². The molecule has 90 valence electrons. The molecule has 0 aliphatic carbocycles. The lowest BCUT2D eigenvalue weighted by molar-refractivity contribution is 0.588. The maximum atomic E-state index is 13.4. The Morgan fingerprint density at radius 1 is 1.41 bits per heavy atom. The third-order valence-electron chi connectivity index (χ3n) is 2.49. The van der Waals surface area contributed by atoms with Gasteiger partial charge in [-0.05, 0) is 12.1 Å². The van der Waals surface area contributed by atoms with Crippen molar-refractivity contribution in [1.82, 2.24) is 15.3 Å². The molecule has 0 spiro atoms. The fraction of sp³-hybridized carbons (Fsp3) is 0.250. The van der Waals surface area contributed by atoms with E-state index >= 15 is 0 Å². The largest absolute Gasteiger partial charge is 0.348 e. The summed E-state index contributed by atoms with van der Waals surface area (Å²) in [7, 11) is 0. The van der Waals surface area contributed by atoms with Crippen LogP contribution < -0.4 is 5.32 Å². The molecule has 2 aromatic rings. The fourth-order valence-corrected chi connectivity index (χ4v) is 1.79. The molecule has 2 rings (SSSR count). The number of halogens is 2. The number of H-pyrrole nitrogens is 1. The van der Waals surface area contributed by atoms with Gasteiger partial charge in [0, 0.05) is 42.0 Å². The quantitative estimate of drug-likeness (QED) is 0.804. The molecule has 0 amide bonds. The van der Waals surface area contributed by atoms with Crippen LogP contribution in [-0.2, 0) is 13.0 Å². The Morgan fingerprint density at radius 3 is 3.00 bits per heavy atom. The molecule has 0 saturated carbocycles. The van der Waals surface area contributed by atoms with Crippen LogP contribution in [0.15, 0.2) is 30.7 Å². The number of nitrogens with one attached hydrogen (secondary N) is 2. The highest BCUT2D eigenvalue weighted by Gasteiger charge is 2.05. The smallest absolute Gasteiger partial charge is 0.129 e. The van der Waals surface area contributed by atoms with E-state index in [9.17, 15) is 4.39 Å². The molecule has 3 nitrogen and oxygen atoms in total. The molecule has 17 heavy (non-hydrogen) atoms. The highest BCUT2D eigenvalue weighted by Crippen LogP contribution is 2.18. The van der Waals surface area contributed by atoms with Gasteiger partial charge in [-0.2, -0.15) is 0 Å². The Morgan fingerprint density at radius 2 is 2.29 bits per heavy atom. The fourth-order valence-electron chi connectivity index (χ4n) is 1.56. The lowest BCUT2D eigenvalue weighted by Gasteiger charge is -2.07. The van der Waals surface area contributed by atoms with Crippen molar-refractivity contribution in [2.24, 2.45) is 0 Å². The van der Waals surface area contributed by atoms with Crippen molar-refractivity contribution in [2.75, 3.05) is 6.54 Å². The van der Waals surface area contributed by atoms with E-state index in [1.807, 2.05) is 0 Å². The summed E-state index contributed by atoms with van der Waals surface area (Å²) >= 11 is 5.91. The van der Waals surface area contributed by atoms with Crippen LogP contribution >= 0.6 is 11.6 Å². The molecule has 1 heterocycles. The van der Waals surface area contributed by atoms with Crippen LogP contribution in [0.2, 0.25) is 5.02 Å². The minimum absolute atomic E-state index is 0.272. The van der Waals surface area contributed by atoms with Gasteiger partial charge in [-0.15, -0.1) is 0 Å². The van der Waals surface area contributed by atoms with Crippen LogP contribution in [0.1, 0.15) is 11.3 Å². The summed E-state index contributed by atoms with van der Waals surface area (Å²) in [5, 5.41) is 3.61. The van der Waals surface area contributed by atoms with E-state index in [0.29, 0.717) is 17.1 Å². The van der Waals surface area contributed by atoms with Crippen LogP contribution in [0.3, 0.4) is 0 Å². The summed E-state index contributed by atoms with van der Waals surface area (Å²) in [5.41, 5.74) is 1.57. The molecule has 0 aliphatic rings. The number of imidazole rings is 1. The molecule has 5 heteroatoms. The van der Waals surface area contributed by atoms with Gasteiger partial charge in [0.15, 0.2) is 0 Å². The first kappa shape index (κ1) is 12.1. The zero-order valence-corrected chi connectivity index (χ0v) is 9.97. The second-order valence-electron chi connectivity index (χ2n) is 3.70. The van der Waals surface area contributed by atoms with Crippen molar-refractivity contribution in [3.8, 4) is 0 Å². The number of rotatable bonds is 5. The predicted octanol–water partition coefficient (Wildman–Crippen LogP) is 2.53. The first-order chi connectivity index (χ1) is 8.27. The van der Waals surface area contributed by atoms with Crippen molar-refractivity contribution in [3.05, 3.63) is 52.8 Å². The second-order valence-corrected chi connectivity index (χ2v) is 4.11. The zero-order chi connectivity index (χ0) is 12.1. The number of aromatic nitrogens is 2. The van der Waals surface area contributed by atoms with Crippen molar-refractivity contribution in [2.45, 2.75) is 13.0 Å². The molecular weight excluding hydrogens is 241 g/mol. The molecule has 1 aromatic heterocycles. The average Bonchev–Trinajstić information content (AvgIpc) is 2.80. The number of aromatic amines is 1. The minimum atomic E-state index is -0.272. The van der Waals surface area contributed by atoms with Crippen molar-refractivity contribution < 1.29 is 4.39 Å². The predicted molar refractivity (Wildman–Crippen MR) is 65.4 cm³/mol. The standard InChI is InChI=1S/C12H13ClFN3/c13-11-2-1-3-12(14)10(11)7-15-5-4-9-6-16-8-17-9/h1-3,6,8,15H,4-5,7H2,(H,16,17). The van der Waals surface area contributed by atoms with Gasteiger partial charge in [0.05, 0.1) is 6.33 Å². The van der Waals surface area contributed by atoms with Crippen LogP contribution in [0, 0.1) is 5.82 Å². The van der Waals surface area contributed by atoms with E-state index in [1.54, 1.807) is 24.7 Å². The van der Waals surface area contributed by atoms with Crippen molar-refractivity contribution in [1.29, 1.82) is 0 Å². The number of hydrogen-bond donors (Lipinski definition) is 2. The summed E-state index contributed by atoms with van der Waals surface area (Å²) < 4.78 is 13.4. The van der Waals surface area contributed by atoms with Gasteiger partial charge in [-0.1, -0.05) is 17.7 Å². The lowest BCUT2D eigenvalue weighted by Crippen LogP contribution is -2.17. The molecule has 0 radical (unpaired) electrons. The van der Waals surface area contributed by atoms with Gasteiger partial charge in [-0.25, -0.2) is 9.37 Å². The molecule has 0 saturated heterocycles. The van der Waals surface area contributed by atoms with E-state index in [1.165, 1.54) is 6.07 Å². The maximum Gasteiger partial charge on any atom is 0.129 e. The van der Waals surface area contributed by atoms with E-state index in [2.05, 4.69) is 15.3 Å². The van der Waals surface area contributed by atoms with Crippen LogP contribution in [0.5, 0.6) is 0 Å². The van der Waals surface area contributed by atoms with Crippen LogP contribution in [-0.4, -0.2) is 16.5 Å². The van der Waals surface area contributed by atoms with Gasteiger partial charge in [-0.3, -0.25) is 0 Å². The highest BCUT2D eigenvalue weighted by molar-refractivity contribution is 6.31. The lowest BCUT2D eigenvalue weighted by atomic mass is 10.2. The van der Waals surface area contributed by atoms with Crippen LogP contribution in [0.25, 0.3) is 0 Å². The van der Waals surface area contributed by atoms with E-state index < -0.39 is 0 Å². The maximum absolute atomic E-state index is 13.4. The molecular formula is C12H13ClFN3. The summed E-state index contributed by atoms with van der Waals surface area (Å²) in [4.78, 5) is 6.93. The van der Waals surface area contributed by atoms with Crippen LogP contribution in [0.4, 0.5) is 4.39 Å². The number of nitrogens with zero attached hydrogens (tertiary/aromatic N) is 1. The molecule has 0 atom stereocenters. The topological polar surface area (TPSA) is 40.7 Å². The van der Waals surface area contributed by atoms with Crippen molar-refractivity contribution >= 4 is 11.6 Å². The van der Waals surface area contributed by atoms with Gasteiger partial charge in [0.2, 0.25) is 0 Å². The summed E-state index contributed by atoms with van der Waals surface area (Å²) in [6.07, 6.45) is 4.24. The molecule has 2 N–H and O–H groups in total. The van der Waals surface area contributed by atoms with E-state index in [0.717, 1.165) is 18.7 Å². The van der Waals surface area contributed by atoms with Gasteiger partial charge < -0.3 is 10.3 Å². The van der Waals surface area contributed by atoms with Crippen molar-refractivity contribution in [3.63, 3.8) is 0 Å². The van der Waals surface area contributed by atoms with Gasteiger partial charge >= 0.3 is 0 Å². The summed E-state index contributed by atoms with van der Waals surface area (Å²) in [5.74, 6) is -0.272. The first-order valence-electron chi connectivity index (χ1n) is 5.38. The molecule has 0 aliphatic heterocycles. The number of benzene rings is 1. The Kier molecular flexibility index (Phi) is 4.12. The molecule has 0 bridgehead atoms. The SMILES string of the molecule is Fc1cccc(Cl)c1CNCCc1cnc[nH]1. The normalized spacial score (nSPS) is 10.7. The Labute approximate surface area is 104 Å². The minimum Gasteiger partial charge on any atom is -0.348 e. The third-order valence-corrected chi connectivity index (χ3v) is 2.84. The zero-order valence-electron chi connectivity index (χ0n) is 9.21. The third kappa shape index (κ3) is 3.28. The Balaban J connectivity index is 1.82.